The Bertz CT molecular complexity index is 507. The zero-order valence-electron chi connectivity index (χ0n) is 11.5. The molecule has 2 N–H and O–H groups in total. The van der Waals surface area contributed by atoms with E-state index in [9.17, 15) is 8.42 Å². The Morgan fingerprint density at radius 1 is 1.06 bits per heavy atom. The fourth-order valence-electron chi connectivity index (χ4n) is 2.28. The van der Waals surface area contributed by atoms with E-state index < -0.39 is 10.0 Å². The van der Waals surface area contributed by atoms with E-state index in [0.717, 1.165) is 48.8 Å². The molecule has 0 saturated heterocycles. The molecular formula is C14H23NO2S. The summed E-state index contributed by atoms with van der Waals surface area (Å²) in [5, 5.41) is 5.32. The van der Waals surface area contributed by atoms with E-state index in [0.29, 0.717) is 4.90 Å². The molecule has 3 nitrogen and oxygen atoms in total. The van der Waals surface area contributed by atoms with Gasteiger partial charge in [0.25, 0.3) is 0 Å². The molecule has 0 atom stereocenters. The van der Waals surface area contributed by atoms with Gasteiger partial charge < -0.3 is 0 Å². The van der Waals surface area contributed by atoms with E-state index >= 15 is 0 Å². The van der Waals surface area contributed by atoms with Gasteiger partial charge in [-0.25, -0.2) is 13.6 Å². The first-order valence-electron chi connectivity index (χ1n) is 6.56. The van der Waals surface area contributed by atoms with Crippen molar-refractivity contribution in [2.75, 3.05) is 0 Å². The second kappa shape index (κ2) is 6.34. The molecule has 18 heavy (non-hydrogen) atoms. The van der Waals surface area contributed by atoms with Crippen LogP contribution in [0, 0.1) is 6.92 Å². The van der Waals surface area contributed by atoms with E-state index in [2.05, 4.69) is 13.8 Å². The van der Waals surface area contributed by atoms with Crippen molar-refractivity contribution >= 4 is 10.0 Å². The van der Waals surface area contributed by atoms with Crippen LogP contribution in [0.15, 0.2) is 17.0 Å². The highest BCUT2D eigenvalue weighted by Gasteiger charge is 2.17. The summed E-state index contributed by atoms with van der Waals surface area (Å²) in [5.41, 5.74) is 3.26. The first-order chi connectivity index (χ1) is 8.41. The summed E-state index contributed by atoms with van der Waals surface area (Å²) in [4.78, 5) is 0.310. The molecule has 1 aromatic rings. The van der Waals surface area contributed by atoms with Crippen molar-refractivity contribution < 1.29 is 8.42 Å². The van der Waals surface area contributed by atoms with Gasteiger partial charge in [-0.1, -0.05) is 32.8 Å². The number of aryl methyl sites for hydroxylation is 1. The van der Waals surface area contributed by atoms with Crippen LogP contribution in [-0.4, -0.2) is 8.42 Å². The first kappa shape index (κ1) is 15.2. The molecule has 0 aromatic heterocycles. The van der Waals surface area contributed by atoms with Crippen LogP contribution in [0.3, 0.4) is 0 Å². The lowest BCUT2D eigenvalue weighted by Crippen LogP contribution is -2.16. The van der Waals surface area contributed by atoms with E-state index in [4.69, 9.17) is 5.14 Å². The highest BCUT2D eigenvalue weighted by Crippen LogP contribution is 2.25. The van der Waals surface area contributed by atoms with Crippen LogP contribution < -0.4 is 5.14 Å². The van der Waals surface area contributed by atoms with E-state index in [-0.39, 0.29) is 0 Å². The van der Waals surface area contributed by atoms with Gasteiger partial charge in [-0.05, 0) is 48.9 Å². The zero-order chi connectivity index (χ0) is 13.8. The van der Waals surface area contributed by atoms with E-state index in [1.54, 1.807) is 6.07 Å². The van der Waals surface area contributed by atoms with Gasteiger partial charge in [-0.3, -0.25) is 0 Å². The molecule has 0 fully saturated rings. The van der Waals surface area contributed by atoms with Crippen molar-refractivity contribution in [1.82, 2.24) is 0 Å². The second-order valence-corrected chi connectivity index (χ2v) is 6.27. The van der Waals surface area contributed by atoms with Crippen molar-refractivity contribution in [1.29, 1.82) is 0 Å². The third-order valence-electron chi connectivity index (χ3n) is 3.21. The topological polar surface area (TPSA) is 60.2 Å². The molecule has 0 radical (unpaired) electrons. The maximum absolute atomic E-state index is 11.7. The van der Waals surface area contributed by atoms with Crippen molar-refractivity contribution in [3.63, 3.8) is 0 Å². The monoisotopic (exact) mass is 269 g/mol. The summed E-state index contributed by atoms with van der Waals surface area (Å²) in [6.07, 6.45) is 4.74. The predicted octanol–water partition coefficient (Wildman–Crippen LogP) is 2.94. The molecule has 0 bridgehead atoms. The summed E-state index contributed by atoms with van der Waals surface area (Å²) >= 11 is 0. The Labute approximate surface area is 110 Å². The minimum Gasteiger partial charge on any atom is -0.225 e. The maximum Gasteiger partial charge on any atom is 0.238 e. The Morgan fingerprint density at radius 3 is 2.22 bits per heavy atom. The van der Waals surface area contributed by atoms with Gasteiger partial charge in [0, 0.05) is 0 Å². The summed E-state index contributed by atoms with van der Waals surface area (Å²) in [6.45, 7) is 6.24. The quantitative estimate of drug-likeness (QED) is 0.863. The SMILES string of the molecule is CCCCc1c(S(N)(=O)=O)ccc(C)c1CCC. The third kappa shape index (κ3) is 3.56. The zero-order valence-corrected chi connectivity index (χ0v) is 12.3. The van der Waals surface area contributed by atoms with Crippen molar-refractivity contribution in [2.24, 2.45) is 5.14 Å². The molecule has 0 spiro atoms. The number of unbranched alkanes of at least 4 members (excludes halogenated alkanes) is 1. The summed E-state index contributed by atoms with van der Waals surface area (Å²) in [7, 11) is -3.62. The van der Waals surface area contributed by atoms with Gasteiger partial charge in [0.05, 0.1) is 4.90 Å². The van der Waals surface area contributed by atoms with Gasteiger partial charge in [0.2, 0.25) is 10.0 Å². The summed E-state index contributed by atoms with van der Waals surface area (Å²) in [5.74, 6) is 0. The average Bonchev–Trinajstić information content (AvgIpc) is 2.28. The molecule has 1 aromatic carbocycles. The Hall–Kier alpha value is -0.870. The van der Waals surface area contributed by atoms with Crippen LogP contribution in [0.4, 0.5) is 0 Å². The van der Waals surface area contributed by atoms with Crippen LogP contribution in [0.1, 0.15) is 49.8 Å². The molecule has 1 rings (SSSR count). The number of benzene rings is 1. The van der Waals surface area contributed by atoms with E-state index in [1.165, 1.54) is 0 Å². The Morgan fingerprint density at radius 2 is 1.72 bits per heavy atom. The van der Waals surface area contributed by atoms with Gasteiger partial charge >= 0.3 is 0 Å². The van der Waals surface area contributed by atoms with Gasteiger partial charge in [0.1, 0.15) is 0 Å². The molecule has 0 amide bonds. The fraction of sp³-hybridized carbons (Fsp3) is 0.571. The second-order valence-electron chi connectivity index (χ2n) is 4.74. The van der Waals surface area contributed by atoms with Crippen LogP contribution in [-0.2, 0) is 22.9 Å². The fourth-order valence-corrected chi connectivity index (χ4v) is 3.11. The van der Waals surface area contributed by atoms with Crippen LogP contribution in [0.25, 0.3) is 0 Å². The number of hydrogen-bond acceptors (Lipinski definition) is 2. The number of sulfonamides is 1. The first-order valence-corrected chi connectivity index (χ1v) is 8.10. The molecule has 0 unspecified atom stereocenters. The van der Waals surface area contributed by atoms with E-state index in [1.807, 2.05) is 13.0 Å². The van der Waals surface area contributed by atoms with Gasteiger partial charge in [-0.15, -0.1) is 0 Å². The minimum absolute atomic E-state index is 0.310. The minimum atomic E-state index is -3.62. The van der Waals surface area contributed by atoms with Crippen LogP contribution >= 0.6 is 0 Å². The molecule has 0 aliphatic rings. The molecule has 4 heteroatoms. The smallest absolute Gasteiger partial charge is 0.225 e. The molecule has 0 aliphatic carbocycles. The van der Waals surface area contributed by atoms with Crippen LogP contribution in [0.2, 0.25) is 0 Å². The maximum atomic E-state index is 11.7. The molecule has 102 valence electrons. The summed E-state index contributed by atoms with van der Waals surface area (Å²) in [6, 6.07) is 3.51. The average molecular weight is 269 g/mol. The molecular weight excluding hydrogens is 246 g/mol. The highest BCUT2D eigenvalue weighted by molar-refractivity contribution is 7.89. The van der Waals surface area contributed by atoms with Crippen LogP contribution in [0.5, 0.6) is 0 Å². The number of nitrogens with two attached hydrogens (primary N) is 1. The normalized spacial score (nSPS) is 11.8. The molecule has 0 heterocycles. The molecule has 0 saturated carbocycles. The van der Waals surface area contributed by atoms with Gasteiger partial charge in [-0.2, -0.15) is 0 Å². The number of hydrogen-bond donors (Lipinski definition) is 1. The Kier molecular flexibility index (Phi) is 5.35. The Balaban J connectivity index is 3.38. The molecule has 0 aliphatic heterocycles. The van der Waals surface area contributed by atoms with Crippen molar-refractivity contribution in [3.8, 4) is 0 Å². The standard InChI is InChI=1S/C14H23NO2S/c1-4-6-8-13-12(7-5-2)11(3)9-10-14(13)18(15,16)17/h9-10H,4-8H2,1-3H3,(H2,15,16,17). The van der Waals surface area contributed by atoms with Crippen molar-refractivity contribution in [3.05, 3.63) is 28.8 Å². The highest BCUT2D eigenvalue weighted by atomic mass is 32.2. The predicted molar refractivity (Wildman–Crippen MR) is 75.2 cm³/mol. The number of primary sulfonamides is 1. The van der Waals surface area contributed by atoms with Crippen molar-refractivity contribution in [2.45, 2.75) is 57.8 Å². The summed E-state index contributed by atoms with van der Waals surface area (Å²) < 4.78 is 23.3. The van der Waals surface area contributed by atoms with Gasteiger partial charge in [0.15, 0.2) is 0 Å². The lowest BCUT2D eigenvalue weighted by molar-refractivity contribution is 0.595. The largest absolute Gasteiger partial charge is 0.238 e. The lowest BCUT2D eigenvalue weighted by atomic mass is 9.94. The third-order valence-corrected chi connectivity index (χ3v) is 4.20. The lowest BCUT2D eigenvalue weighted by Gasteiger charge is -2.15. The number of rotatable bonds is 6.